The summed E-state index contributed by atoms with van der Waals surface area (Å²) in [5.41, 5.74) is 1.34. The molecule has 0 aliphatic carbocycles. The maximum Gasteiger partial charge on any atom is 0.317 e. The smallest absolute Gasteiger partial charge is 0.317 e. The molecule has 0 fully saturated rings. The fraction of sp³-hybridized carbons (Fsp3) is 0.200. The number of hydrogen-bond donors (Lipinski definition) is 1. The van der Waals surface area contributed by atoms with Crippen LogP contribution in [-0.4, -0.2) is 28.5 Å². The Balaban J connectivity index is 2.04. The van der Waals surface area contributed by atoms with Crippen LogP contribution in [0.15, 0.2) is 34.5 Å². The second-order valence-corrected chi connectivity index (χ2v) is 4.64. The molecule has 0 spiro atoms. The summed E-state index contributed by atoms with van der Waals surface area (Å²) in [6.45, 7) is 3.06. The Morgan fingerprint density at radius 3 is 2.78 bits per heavy atom. The van der Waals surface area contributed by atoms with Gasteiger partial charge in [-0.3, -0.25) is 4.99 Å². The van der Waals surface area contributed by atoms with Crippen molar-refractivity contribution in [3.05, 3.63) is 47.3 Å². The fourth-order valence-corrected chi connectivity index (χ4v) is 1.63. The Morgan fingerprint density at radius 2 is 2.09 bits per heavy atom. The zero-order valence-electron chi connectivity index (χ0n) is 12.6. The quantitative estimate of drug-likeness (QED) is 0.521. The normalized spacial score (nSPS) is 11.9. The highest BCUT2D eigenvalue weighted by Gasteiger charge is 2.06. The van der Waals surface area contributed by atoms with Crippen LogP contribution in [0, 0.1) is 25.5 Å². The molecule has 8 heteroatoms. The molecule has 0 radical (unpaired) electrons. The predicted molar refractivity (Wildman–Crippen MR) is 83.1 cm³/mol. The van der Waals surface area contributed by atoms with E-state index in [0.717, 1.165) is 6.20 Å². The van der Waals surface area contributed by atoms with E-state index >= 15 is 0 Å². The minimum absolute atomic E-state index is 0.000358. The summed E-state index contributed by atoms with van der Waals surface area (Å²) in [5.74, 6) is 4.39. The molecule has 0 saturated carbocycles. The molecule has 0 bridgehead atoms. The predicted octanol–water partition coefficient (Wildman–Crippen LogP) is 2.47. The molecule has 120 valence electrons. The topological polar surface area (TPSA) is 85.8 Å². The van der Waals surface area contributed by atoms with Gasteiger partial charge in [0.2, 0.25) is 0 Å². The van der Waals surface area contributed by atoms with Gasteiger partial charge in [-0.25, -0.2) is 13.8 Å². The molecular formula is C15H15F2N5O. The second-order valence-electron chi connectivity index (χ2n) is 4.64. The Kier molecular flexibility index (Phi) is 5.29. The van der Waals surface area contributed by atoms with Crippen LogP contribution in [0.1, 0.15) is 11.3 Å². The summed E-state index contributed by atoms with van der Waals surface area (Å²) < 4.78 is 31.8. The summed E-state index contributed by atoms with van der Waals surface area (Å²) in [4.78, 5) is 11.6. The van der Waals surface area contributed by atoms with Gasteiger partial charge in [0.1, 0.15) is 18.1 Å². The number of aryl methyl sites for hydroxylation is 1. The number of aromatic nitrogens is 2. The van der Waals surface area contributed by atoms with E-state index in [1.54, 1.807) is 19.1 Å². The Morgan fingerprint density at radius 1 is 1.30 bits per heavy atom. The molecule has 6 nitrogen and oxygen atoms in total. The number of aliphatic imine (C=N–C) groups is 1. The third-order valence-electron chi connectivity index (χ3n) is 3.00. The number of benzene rings is 1. The summed E-state index contributed by atoms with van der Waals surface area (Å²) in [7, 11) is 0. The molecule has 1 heterocycles. The maximum absolute atomic E-state index is 13.4. The lowest BCUT2D eigenvalue weighted by Crippen LogP contribution is -2.16. The van der Waals surface area contributed by atoms with E-state index < -0.39 is 5.82 Å². The third-order valence-corrected chi connectivity index (χ3v) is 3.00. The van der Waals surface area contributed by atoms with Crippen LogP contribution >= 0.6 is 0 Å². The lowest BCUT2D eigenvalue weighted by Gasteiger charge is -2.05. The van der Waals surface area contributed by atoms with Crippen molar-refractivity contribution in [1.82, 2.24) is 9.97 Å². The van der Waals surface area contributed by atoms with Crippen molar-refractivity contribution in [2.24, 2.45) is 15.9 Å². The molecule has 2 N–H and O–H groups in total. The van der Waals surface area contributed by atoms with Crippen molar-refractivity contribution in [1.29, 1.82) is 0 Å². The van der Waals surface area contributed by atoms with Gasteiger partial charge in [0.05, 0.1) is 23.8 Å². The molecule has 1 aromatic carbocycles. The van der Waals surface area contributed by atoms with Gasteiger partial charge in [0.15, 0.2) is 5.82 Å². The van der Waals surface area contributed by atoms with Crippen LogP contribution in [0.2, 0.25) is 0 Å². The van der Waals surface area contributed by atoms with E-state index in [-0.39, 0.29) is 24.1 Å². The Hall–Kier alpha value is -2.90. The number of rotatable bonds is 5. The number of hydrazone groups is 1. The van der Waals surface area contributed by atoms with Crippen molar-refractivity contribution in [2.75, 3.05) is 6.61 Å². The first-order chi connectivity index (χ1) is 11.0. The van der Waals surface area contributed by atoms with Crippen molar-refractivity contribution >= 4 is 17.6 Å². The molecule has 0 aliphatic rings. The van der Waals surface area contributed by atoms with Crippen LogP contribution in [0.3, 0.4) is 0 Å². The lowest BCUT2D eigenvalue weighted by molar-refractivity contribution is 0.343. The SMILES string of the molecule is Cc1nc(OCC(C=Nc2cccc(F)c2C)=NN)ncc1F. The Bertz CT molecular complexity index is 762. The summed E-state index contributed by atoms with van der Waals surface area (Å²) in [6, 6.07) is 4.57. The van der Waals surface area contributed by atoms with E-state index in [9.17, 15) is 8.78 Å². The number of ether oxygens (including phenoxy) is 1. The first-order valence-electron chi connectivity index (χ1n) is 6.69. The van der Waals surface area contributed by atoms with Gasteiger partial charge in [0.25, 0.3) is 0 Å². The highest BCUT2D eigenvalue weighted by Crippen LogP contribution is 2.20. The molecule has 0 atom stereocenters. The van der Waals surface area contributed by atoms with E-state index in [2.05, 4.69) is 20.1 Å². The summed E-state index contributed by atoms with van der Waals surface area (Å²) >= 11 is 0. The van der Waals surface area contributed by atoms with Gasteiger partial charge >= 0.3 is 6.01 Å². The highest BCUT2D eigenvalue weighted by molar-refractivity contribution is 6.31. The number of hydrogen-bond acceptors (Lipinski definition) is 6. The average Bonchev–Trinajstić information content (AvgIpc) is 2.54. The zero-order chi connectivity index (χ0) is 16.8. The van der Waals surface area contributed by atoms with E-state index in [0.29, 0.717) is 17.0 Å². The number of nitrogens with two attached hydrogens (primary N) is 1. The summed E-state index contributed by atoms with van der Waals surface area (Å²) in [5, 5.41) is 3.53. The van der Waals surface area contributed by atoms with E-state index in [1.807, 2.05) is 0 Å². The van der Waals surface area contributed by atoms with Gasteiger partial charge in [0, 0.05) is 5.56 Å². The van der Waals surface area contributed by atoms with Crippen molar-refractivity contribution in [3.8, 4) is 6.01 Å². The molecule has 0 saturated heterocycles. The second kappa shape index (κ2) is 7.39. The van der Waals surface area contributed by atoms with Gasteiger partial charge in [-0.2, -0.15) is 10.1 Å². The standard InChI is InChI=1S/C15H15F2N5O/c1-9-12(16)4-3-5-14(9)19-6-11(22-18)8-23-15-20-7-13(17)10(2)21-15/h3-7H,8,18H2,1-2H3. The molecule has 0 aliphatic heterocycles. The first-order valence-corrected chi connectivity index (χ1v) is 6.69. The molecule has 1 aromatic heterocycles. The minimum Gasteiger partial charge on any atom is -0.457 e. The minimum atomic E-state index is -0.520. The fourth-order valence-electron chi connectivity index (χ4n) is 1.63. The molecule has 2 aromatic rings. The molecular weight excluding hydrogens is 304 g/mol. The van der Waals surface area contributed by atoms with Crippen molar-refractivity contribution in [2.45, 2.75) is 13.8 Å². The van der Waals surface area contributed by atoms with Gasteiger partial charge < -0.3 is 10.6 Å². The van der Waals surface area contributed by atoms with Crippen molar-refractivity contribution < 1.29 is 13.5 Å². The molecule has 2 rings (SSSR count). The van der Waals surface area contributed by atoms with Gasteiger partial charge in [-0.15, -0.1) is 0 Å². The van der Waals surface area contributed by atoms with Gasteiger partial charge in [-0.05, 0) is 26.0 Å². The number of nitrogens with zero attached hydrogens (tertiary/aromatic N) is 4. The van der Waals surface area contributed by atoms with Crippen molar-refractivity contribution in [3.63, 3.8) is 0 Å². The molecule has 23 heavy (non-hydrogen) atoms. The number of halogens is 2. The monoisotopic (exact) mass is 319 g/mol. The van der Waals surface area contributed by atoms with Crippen LogP contribution < -0.4 is 10.6 Å². The van der Waals surface area contributed by atoms with E-state index in [4.69, 9.17) is 10.6 Å². The van der Waals surface area contributed by atoms with Crippen LogP contribution in [-0.2, 0) is 0 Å². The highest BCUT2D eigenvalue weighted by atomic mass is 19.1. The first kappa shape index (κ1) is 16.5. The molecule has 0 unspecified atom stereocenters. The average molecular weight is 319 g/mol. The van der Waals surface area contributed by atoms with Crippen LogP contribution in [0.25, 0.3) is 0 Å². The lowest BCUT2D eigenvalue weighted by atomic mass is 10.2. The van der Waals surface area contributed by atoms with Crippen LogP contribution in [0.4, 0.5) is 14.5 Å². The van der Waals surface area contributed by atoms with Crippen LogP contribution in [0.5, 0.6) is 6.01 Å². The molecule has 0 amide bonds. The largest absolute Gasteiger partial charge is 0.457 e. The Labute approximate surface area is 131 Å². The maximum atomic E-state index is 13.4. The van der Waals surface area contributed by atoms with Gasteiger partial charge in [-0.1, -0.05) is 6.07 Å². The van der Waals surface area contributed by atoms with E-state index in [1.165, 1.54) is 19.2 Å². The third kappa shape index (κ3) is 4.29. The summed E-state index contributed by atoms with van der Waals surface area (Å²) in [6.07, 6.45) is 2.37. The zero-order valence-corrected chi connectivity index (χ0v) is 12.6.